The molecule has 0 aliphatic carbocycles. The van der Waals surface area contributed by atoms with Crippen molar-refractivity contribution in [3.8, 4) is 11.5 Å². The third-order valence-corrected chi connectivity index (χ3v) is 4.61. The van der Waals surface area contributed by atoms with Crippen LogP contribution in [0.4, 0.5) is 0 Å². The van der Waals surface area contributed by atoms with E-state index in [1.165, 1.54) is 6.21 Å². The Morgan fingerprint density at radius 1 is 0.968 bits per heavy atom. The largest absolute Gasteiger partial charge is 0.494 e. The van der Waals surface area contributed by atoms with E-state index in [-0.39, 0.29) is 5.91 Å². The molecule has 0 saturated carbocycles. The van der Waals surface area contributed by atoms with E-state index >= 15 is 0 Å². The molecule has 158 valence electrons. The number of nitrogens with zero attached hydrogens (tertiary/aromatic N) is 1. The lowest BCUT2D eigenvalue weighted by Crippen LogP contribution is -2.17. The summed E-state index contributed by atoms with van der Waals surface area (Å²) in [5, 5.41) is 3.96. The maximum atomic E-state index is 12.3. The van der Waals surface area contributed by atoms with E-state index in [1.54, 1.807) is 66.7 Å². The number of esters is 1. The van der Waals surface area contributed by atoms with Crippen molar-refractivity contribution in [2.45, 2.75) is 13.3 Å². The van der Waals surface area contributed by atoms with Gasteiger partial charge in [0.1, 0.15) is 11.5 Å². The molecular weight excluding hydrogens is 460 g/mol. The summed E-state index contributed by atoms with van der Waals surface area (Å²) in [5.41, 5.74) is 4.15. The second-order valence-corrected chi connectivity index (χ2v) is 7.46. The Labute approximate surface area is 189 Å². The second kappa shape index (κ2) is 11.1. The van der Waals surface area contributed by atoms with Gasteiger partial charge in [0, 0.05) is 10.0 Å². The number of halogens is 1. The quantitative estimate of drug-likeness (QED) is 0.207. The van der Waals surface area contributed by atoms with E-state index in [4.69, 9.17) is 9.47 Å². The highest BCUT2D eigenvalue weighted by Crippen LogP contribution is 2.17. The van der Waals surface area contributed by atoms with Crippen molar-refractivity contribution < 1.29 is 19.1 Å². The van der Waals surface area contributed by atoms with E-state index in [0.29, 0.717) is 29.2 Å². The van der Waals surface area contributed by atoms with E-state index in [0.717, 1.165) is 16.5 Å². The van der Waals surface area contributed by atoms with Crippen LogP contribution in [0.25, 0.3) is 0 Å². The number of carbonyl (C=O) groups is 2. The monoisotopic (exact) mass is 480 g/mol. The Morgan fingerprint density at radius 2 is 1.68 bits per heavy atom. The summed E-state index contributed by atoms with van der Waals surface area (Å²) in [6, 6.07) is 20.6. The topological polar surface area (TPSA) is 77.0 Å². The van der Waals surface area contributed by atoms with Crippen molar-refractivity contribution >= 4 is 34.0 Å². The Hall–Kier alpha value is -3.45. The van der Waals surface area contributed by atoms with E-state index in [2.05, 4.69) is 26.5 Å². The molecule has 0 heterocycles. The lowest BCUT2D eigenvalue weighted by atomic mass is 10.2. The highest BCUT2D eigenvalue weighted by atomic mass is 79.9. The van der Waals surface area contributed by atoms with Crippen molar-refractivity contribution in [3.63, 3.8) is 0 Å². The number of carbonyl (C=O) groups excluding carboxylic acids is 2. The lowest BCUT2D eigenvalue weighted by Gasteiger charge is -2.07. The molecule has 0 aromatic heterocycles. The van der Waals surface area contributed by atoms with Gasteiger partial charge in [0.25, 0.3) is 5.91 Å². The number of ether oxygens (including phenoxy) is 2. The summed E-state index contributed by atoms with van der Waals surface area (Å²) in [6.45, 7) is 2.66. The molecule has 1 N–H and O–H groups in total. The summed E-state index contributed by atoms with van der Waals surface area (Å²) in [6.07, 6.45) is 2.43. The number of hydrogen-bond donors (Lipinski definition) is 1. The summed E-state index contributed by atoms with van der Waals surface area (Å²) in [4.78, 5) is 24.3. The van der Waals surface area contributed by atoms with E-state index < -0.39 is 5.97 Å². The SMILES string of the molecule is CCCOc1ccc(C(=O)Oc2ccc(/C=N/NC(=O)c3cccc(Br)c3)cc2)cc1. The molecule has 0 aliphatic rings. The molecule has 0 bridgehead atoms. The first-order valence-electron chi connectivity index (χ1n) is 9.69. The minimum Gasteiger partial charge on any atom is -0.494 e. The Morgan fingerprint density at radius 3 is 2.35 bits per heavy atom. The van der Waals surface area contributed by atoms with Crippen LogP contribution in [-0.2, 0) is 0 Å². The van der Waals surface area contributed by atoms with Gasteiger partial charge in [-0.1, -0.05) is 28.9 Å². The lowest BCUT2D eigenvalue weighted by molar-refractivity contribution is 0.0734. The highest BCUT2D eigenvalue weighted by Gasteiger charge is 2.09. The average molecular weight is 481 g/mol. The van der Waals surface area contributed by atoms with Crippen molar-refractivity contribution in [1.29, 1.82) is 0 Å². The zero-order valence-corrected chi connectivity index (χ0v) is 18.5. The summed E-state index contributed by atoms with van der Waals surface area (Å²) >= 11 is 3.33. The average Bonchev–Trinajstić information content (AvgIpc) is 2.79. The summed E-state index contributed by atoms with van der Waals surface area (Å²) < 4.78 is 11.7. The van der Waals surface area contributed by atoms with Crippen LogP contribution in [0, 0.1) is 0 Å². The molecule has 7 heteroatoms. The number of benzene rings is 3. The van der Waals surface area contributed by atoms with Crippen molar-refractivity contribution in [2.24, 2.45) is 5.10 Å². The fourth-order valence-corrected chi connectivity index (χ4v) is 2.95. The van der Waals surface area contributed by atoms with Crippen molar-refractivity contribution in [1.82, 2.24) is 5.43 Å². The number of hydrogen-bond acceptors (Lipinski definition) is 5. The second-order valence-electron chi connectivity index (χ2n) is 6.54. The van der Waals surface area contributed by atoms with Gasteiger partial charge in [-0.25, -0.2) is 10.2 Å². The number of nitrogens with one attached hydrogen (secondary N) is 1. The molecular formula is C24H21BrN2O4. The maximum Gasteiger partial charge on any atom is 0.343 e. The predicted molar refractivity (Wildman–Crippen MR) is 123 cm³/mol. The molecule has 0 unspecified atom stereocenters. The first kappa shape index (κ1) is 22.2. The van der Waals surface area contributed by atoms with Gasteiger partial charge in [0.15, 0.2) is 0 Å². The van der Waals surface area contributed by atoms with Crippen LogP contribution in [0.5, 0.6) is 11.5 Å². The minimum absolute atomic E-state index is 0.311. The third-order valence-electron chi connectivity index (χ3n) is 4.12. The zero-order chi connectivity index (χ0) is 22.1. The standard InChI is InChI=1S/C24H21BrN2O4/c1-2-14-30-21-12-8-18(9-13-21)24(29)31-22-10-6-17(7-11-22)16-26-27-23(28)19-4-3-5-20(25)15-19/h3-13,15-16H,2,14H2,1H3,(H,27,28)/b26-16+. The molecule has 0 spiro atoms. The van der Waals surface area contributed by atoms with Gasteiger partial charge in [-0.2, -0.15) is 5.10 Å². The normalized spacial score (nSPS) is 10.6. The van der Waals surface area contributed by atoms with Crippen LogP contribution in [0.1, 0.15) is 39.6 Å². The van der Waals surface area contributed by atoms with E-state index in [1.807, 2.05) is 13.0 Å². The molecule has 3 rings (SSSR count). The fraction of sp³-hybridized carbons (Fsp3) is 0.125. The predicted octanol–water partition coefficient (Wildman–Crippen LogP) is 5.22. The Bertz CT molecular complexity index is 1060. The summed E-state index contributed by atoms with van der Waals surface area (Å²) in [7, 11) is 0. The molecule has 0 atom stereocenters. The maximum absolute atomic E-state index is 12.3. The minimum atomic E-state index is -0.454. The Balaban J connectivity index is 1.53. The van der Waals surface area contributed by atoms with Crippen LogP contribution in [0.3, 0.4) is 0 Å². The molecule has 3 aromatic carbocycles. The number of rotatable bonds is 8. The third kappa shape index (κ3) is 6.79. The zero-order valence-electron chi connectivity index (χ0n) is 16.9. The van der Waals surface area contributed by atoms with Gasteiger partial charge in [-0.05, 0) is 78.7 Å². The Kier molecular flexibility index (Phi) is 7.95. The van der Waals surface area contributed by atoms with Gasteiger partial charge in [0.05, 0.1) is 18.4 Å². The number of amides is 1. The van der Waals surface area contributed by atoms with Crippen LogP contribution >= 0.6 is 15.9 Å². The molecule has 0 aliphatic heterocycles. The van der Waals surface area contributed by atoms with Gasteiger partial charge in [0.2, 0.25) is 0 Å². The van der Waals surface area contributed by atoms with Crippen LogP contribution < -0.4 is 14.9 Å². The first-order chi connectivity index (χ1) is 15.0. The number of hydrazone groups is 1. The van der Waals surface area contributed by atoms with E-state index in [9.17, 15) is 9.59 Å². The fourth-order valence-electron chi connectivity index (χ4n) is 2.55. The van der Waals surface area contributed by atoms with Crippen molar-refractivity contribution in [3.05, 3.63) is 94.0 Å². The van der Waals surface area contributed by atoms with Gasteiger partial charge < -0.3 is 9.47 Å². The van der Waals surface area contributed by atoms with Gasteiger partial charge >= 0.3 is 5.97 Å². The smallest absolute Gasteiger partial charge is 0.343 e. The molecule has 0 fully saturated rings. The molecule has 6 nitrogen and oxygen atoms in total. The first-order valence-corrected chi connectivity index (χ1v) is 10.5. The molecule has 0 radical (unpaired) electrons. The molecule has 3 aromatic rings. The highest BCUT2D eigenvalue weighted by molar-refractivity contribution is 9.10. The van der Waals surface area contributed by atoms with Crippen LogP contribution in [-0.4, -0.2) is 24.7 Å². The molecule has 0 saturated heterocycles. The van der Waals surface area contributed by atoms with Crippen LogP contribution in [0.15, 0.2) is 82.4 Å². The van der Waals surface area contributed by atoms with Crippen molar-refractivity contribution in [2.75, 3.05) is 6.61 Å². The summed E-state index contributed by atoms with van der Waals surface area (Å²) in [5.74, 6) is 0.361. The van der Waals surface area contributed by atoms with Crippen LogP contribution in [0.2, 0.25) is 0 Å². The molecule has 1 amide bonds. The molecule has 31 heavy (non-hydrogen) atoms. The van der Waals surface area contributed by atoms with Gasteiger partial charge in [-0.3, -0.25) is 4.79 Å². The van der Waals surface area contributed by atoms with Gasteiger partial charge in [-0.15, -0.1) is 0 Å².